The van der Waals surface area contributed by atoms with Crippen molar-refractivity contribution in [3.63, 3.8) is 0 Å². The number of para-hydroxylation sites is 2. The number of hydrogen-bond acceptors (Lipinski definition) is 4. The van der Waals surface area contributed by atoms with Crippen molar-refractivity contribution >= 4 is 40.4 Å². The van der Waals surface area contributed by atoms with Crippen LogP contribution < -0.4 is 0 Å². The van der Waals surface area contributed by atoms with Gasteiger partial charge in [-0.25, -0.2) is 4.98 Å². The number of imidazole rings is 1. The summed E-state index contributed by atoms with van der Waals surface area (Å²) in [5, 5.41) is 1.52. The van der Waals surface area contributed by atoms with E-state index in [1.165, 1.54) is 11.8 Å². The van der Waals surface area contributed by atoms with Gasteiger partial charge in [-0.3, -0.25) is 4.79 Å². The topological polar surface area (TPSA) is 44.1 Å². The average molecular weight is 361 g/mol. The Bertz CT molecular complexity index is 846. The summed E-state index contributed by atoms with van der Waals surface area (Å²) < 4.78 is 7.11. The number of carbonyl (C=O) groups excluding carboxylic acids is 1. The molecule has 0 aliphatic heterocycles. The number of fused-ring (bicyclic) bond motifs is 1. The van der Waals surface area contributed by atoms with Crippen molar-refractivity contribution < 1.29 is 9.53 Å². The van der Waals surface area contributed by atoms with Gasteiger partial charge in [0.05, 0.1) is 29.9 Å². The van der Waals surface area contributed by atoms with Gasteiger partial charge in [0.2, 0.25) is 0 Å². The van der Waals surface area contributed by atoms with Crippen LogP contribution in [0.1, 0.15) is 12.5 Å². The van der Waals surface area contributed by atoms with Crippen LogP contribution in [-0.2, 0) is 16.1 Å². The van der Waals surface area contributed by atoms with Crippen LogP contribution >= 0.6 is 23.4 Å². The summed E-state index contributed by atoms with van der Waals surface area (Å²) in [6.07, 6.45) is 0. The summed E-state index contributed by atoms with van der Waals surface area (Å²) in [6, 6.07) is 15.7. The number of hydrogen-bond donors (Lipinski definition) is 0. The number of carbonyl (C=O) groups is 1. The van der Waals surface area contributed by atoms with Crippen molar-refractivity contribution in [1.82, 2.24) is 9.55 Å². The third-order valence-electron chi connectivity index (χ3n) is 3.50. The van der Waals surface area contributed by atoms with Crippen LogP contribution in [0.4, 0.5) is 0 Å². The van der Waals surface area contributed by atoms with Crippen LogP contribution in [0.3, 0.4) is 0 Å². The van der Waals surface area contributed by atoms with Gasteiger partial charge >= 0.3 is 5.97 Å². The summed E-state index contributed by atoms with van der Waals surface area (Å²) in [7, 11) is 0. The Morgan fingerprint density at radius 3 is 2.71 bits per heavy atom. The molecule has 0 saturated carbocycles. The minimum Gasteiger partial charge on any atom is -0.465 e. The molecule has 0 unspecified atom stereocenters. The lowest BCUT2D eigenvalue weighted by Crippen LogP contribution is -2.08. The second-order valence-corrected chi connectivity index (χ2v) is 6.57. The van der Waals surface area contributed by atoms with E-state index in [0.717, 1.165) is 21.8 Å². The Kier molecular flexibility index (Phi) is 5.43. The van der Waals surface area contributed by atoms with Crippen molar-refractivity contribution in [2.75, 3.05) is 12.4 Å². The van der Waals surface area contributed by atoms with E-state index in [9.17, 15) is 4.79 Å². The van der Waals surface area contributed by atoms with E-state index in [2.05, 4.69) is 9.55 Å². The average Bonchev–Trinajstić information content (AvgIpc) is 2.93. The standard InChI is InChI=1S/C18H17ClN2O2S/c1-2-23-17(22)12-24-18-20-15-5-3-4-6-16(15)21(18)11-13-7-9-14(19)10-8-13/h3-10H,2,11-12H2,1H3. The molecule has 124 valence electrons. The highest BCUT2D eigenvalue weighted by molar-refractivity contribution is 7.99. The van der Waals surface area contributed by atoms with Crippen LogP contribution in [0.25, 0.3) is 11.0 Å². The van der Waals surface area contributed by atoms with Crippen molar-refractivity contribution in [1.29, 1.82) is 0 Å². The predicted octanol–water partition coefficient (Wildman–Crippen LogP) is 4.39. The quantitative estimate of drug-likeness (QED) is 0.483. The molecule has 0 bridgehead atoms. The fourth-order valence-corrected chi connectivity index (χ4v) is 3.35. The SMILES string of the molecule is CCOC(=O)CSc1nc2ccccc2n1Cc1ccc(Cl)cc1. The van der Waals surface area contributed by atoms with Crippen LogP contribution in [0, 0.1) is 0 Å². The number of halogens is 1. The summed E-state index contributed by atoms with van der Waals surface area (Å²) in [6.45, 7) is 2.86. The number of benzene rings is 2. The number of rotatable bonds is 6. The van der Waals surface area contributed by atoms with Crippen molar-refractivity contribution in [3.8, 4) is 0 Å². The first-order chi connectivity index (χ1) is 11.7. The second kappa shape index (κ2) is 7.73. The zero-order valence-corrected chi connectivity index (χ0v) is 14.8. The van der Waals surface area contributed by atoms with Gasteiger partial charge in [-0.2, -0.15) is 0 Å². The molecule has 6 heteroatoms. The first-order valence-corrected chi connectivity index (χ1v) is 9.02. The lowest BCUT2D eigenvalue weighted by molar-refractivity contribution is -0.139. The van der Waals surface area contributed by atoms with Gasteiger partial charge in [-0.15, -0.1) is 0 Å². The Morgan fingerprint density at radius 2 is 1.96 bits per heavy atom. The fourth-order valence-electron chi connectivity index (χ4n) is 2.41. The molecule has 1 aromatic heterocycles. The zero-order chi connectivity index (χ0) is 16.9. The van der Waals surface area contributed by atoms with Crippen LogP contribution in [-0.4, -0.2) is 27.9 Å². The van der Waals surface area contributed by atoms with E-state index in [1.54, 1.807) is 6.92 Å². The maximum absolute atomic E-state index is 11.6. The van der Waals surface area contributed by atoms with E-state index < -0.39 is 0 Å². The largest absolute Gasteiger partial charge is 0.465 e. The molecule has 1 heterocycles. The number of thioether (sulfide) groups is 1. The van der Waals surface area contributed by atoms with Crippen molar-refractivity contribution in [2.24, 2.45) is 0 Å². The Labute approximate surface area is 149 Å². The van der Waals surface area contributed by atoms with E-state index in [-0.39, 0.29) is 11.7 Å². The number of nitrogens with zero attached hydrogens (tertiary/aromatic N) is 2. The summed E-state index contributed by atoms with van der Waals surface area (Å²) in [4.78, 5) is 16.3. The molecule has 3 rings (SSSR count). The number of aromatic nitrogens is 2. The highest BCUT2D eigenvalue weighted by Crippen LogP contribution is 2.25. The monoisotopic (exact) mass is 360 g/mol. The minimum absolute atomic E-state index is 0.229. The van der Waals surface area contributed by atoms with Gasteiger partial charge in [0.25, 0.3) is 0 Å². The van der Waals surface area contributed by atoms with Crippen LogP contribution in [0.15, 0.2) is 53.7 Å². The van der Waals surface area contributed by atoms with Crippen molar-refractivity contribution in [2.45, 2.75) is 18.6 Å². The molecule has 0 aliphatic rings. The molecule has 0 aliphatic carbocycles. The number of ether oxygens (including phenoxy) is 1. The van der Waals surface area contributed by atoms with Gasteiger partial charge < -0.3 is 9.30 Å². The molecular weight excluding hydrogens is 344 g/mol. The van der Waals surface area contributed by atoms with Crippen LogP contribution in [0.2, 0.25) is 5.02 Å². The van der Waals surface area contributed by atoms with Crippen LogP contribution in [0.5, 0.6) is 0 Å². The normalized spacial score (nSPS) is 10.9. The molecule has 2 aromatic carbocycles. The lowest BCUT2D eigenvalue weighted by atomic mass is 10.2. The van der Waals surface area contributed by atoms with Gasteiger partial charge in [0.15, 0.2) is 5.16 Å². The molecule has 0 radical (unpaired) electrons. The Morgan fingerprint density at radius 1 is 1.21 bits per heavy atom. The first kappa shape index (κ1) is 16.9. The van der Waals surface area contributed by atoms with E-state index in [1.807, 2.05) is 48.5 Å². The van der Waals surface area contributed by atoms with Gasteiger partial charge in [-0.05, 0) is 36.8 Å². The molecule has 4 nitrogen and oxygen atoms in total. The molecular formula is C18H17ClN2O2S. The molecule has 0 N–H and O–H groups in total. The van der Waals surface area contributed by atoms with E-state index in [4.69, 9.17) is 16.3 Å². The van der Waals surface area contributed by atoms with Gasteiger partial charge in [0, 0.05) is 5.02 Å². The van der Waals surface area contributed by atoms with Crippen molar-refractivity contribution in [3.05, 3.63) is 59.1 Å². The highest BCUT2D eigenvalue weighted by atomic mass is 35.5. The molecule has 0 amide bonds. The molecule has 0 atom stereocenters. The predicted molar refractivity (Wildman–Crippen MR) is 97.6 cm³/mol. The smallest absolute Gasteiger partial charge is 0.316 e. The molecule has 0 saturated heterocycles. The molecule has 0 fully saturated rings. The van der Waals surface area contributed by atoms with E-state index in [0.29, 0.717) is 18.2 Å². The lowest BCUT2D eigenvalue weighted by Gasteiger charge is -2.09. The minimum atomic E-state index is -0.229. The van der Waals surface area contributed by atoms with Gasteiger partial charge in [0.1, 0.15) is 0 Å². The first-order valence-electron chi connectivity index (χ1n) is 7.65. The van der Waals surface area contributed by atoms with E-state index >= 15 is 0 Å². The second-order valence-electron chi connectivity index (χ2n) is 5.19. The maximum atomic E-state index is 11.6. The summed E-state index contributed by atoms with van der Waals surface area (Å²) >= 11 is 7.35. The Hall–Kier alpha value is -1.98. The Balaban J connectivity index is 1.89. The highest BCUT2D eigenvalue weighted by Gasteiger charge is 2.13. The maximum Gasteiger partial charge on any atom is 0.316 e. The summed E-state index contributed by atoms with van der Waals surface area (Å²) in [5.74, 6) is 0.0187. The molecule has 24 heavy (non-hydrogen) atoms. The summed E-state index contributed by atoms with van der Waals surface area (Å²) in [5.41, 5.74) is 3.08. The molecule has 3 aromatic rings. The third-order valence-corrected chi connectivity index (χ3v) is 4.70. The molecule has 0 spiro atoms. The number of esters is 1. The zero-order valence-electron chi connectivity index (χ0n) is 13.2. The van der Waals surface area contributed by atoms with Gasteiger partial charge in [-0.1, -0.05) is 47.6 Å². The fraction of sp³-hybridized carbons (Fsp3) is 0.222. The third kappa shape index (κ3) is 3.91.